The van der Waals surface area contributed by atoms with Crippen molar-refractivity contribution >= 4 is 28.9 Å². The van der Waals surface area contributed by atoms with Crippen molar-refractivity contribution < 1.29 is 23.2 Å². The Morgan fingerprint density at radius 1 is 1.07 bits per heavy atom. The normalized spacial score (nSPS) is 10.5. The highest BCUT2D eigenvalue weighted by atomic mass is 32.1. The molecule has 0 N–H and O–H groups in total. The number of ether oxygens (including phenoxy) is 1. The molecule has 3 rings (SSSR count). The quantitative estimate of drug-likeness (QED) is 0.458. The minimum Gasteiger partial charge on any atom is -0.465 e. The molecule has 3 aromatic rings. The van der Waals surface area contributed by atoms with E-state index in [9.17, 15) is 18.5 Å². The molecule has 4 nitrogen and oxygen atoms in total. The van der Waals surface area contributed by atoms with Crippen LogP contribution in [0.3, 0.4) is 0 Å². The summed E-state index contributed by atoms with van der Waals surface area (Å²) in [6.07, 6.45) is 0. The van der Waals surface area contributed by atoms with Crippen LogP contribution in [0, 0.1) is 12.7 Å². The maximum absolute atomic E-state index is 14.3. The molecule has 0 radical (unpaired) electrons. The van der Waals surface area contributed by atoms with E-state index in [1.54, 1.807) is 24.3 Å². The number of hydrogen-bond acceptors (Lipinski definition) is 4. The van der Waals surface area contributed by atoms with Crippen LogP contribution in [-0.4, -0.2) is 19.0 Å². The van der Waals surface area contributed by atoms with Crippen LogP contribution >= 0.6 is 11.3 Å². The summed E-state index contributed by atoms with van der Waals surface area (Å²) < 4.78 is 32.7. The number of benzene rings is 2. The average Bonchev–Trinajstić information content (AvgIpc) is 3.16. The maximum atomic E-state index is 14.3. The van der Waals surface area contributed by atoms with Crippen LogP contribution in [0.15, 0.2) is 54.6 Å². The molecule has 0 unspecified atom stereocenters. The first-order valence-electron chi connectivity index (χ1n) is 7.96. The van der Waals surface area contributed by atoms with Gasteiger partial charge in [0, 0.05) is 4.88 Å². The highest BCUT2D eigenvalue weighted by molar-refractivity contribution is 7.17. The van der Waals surface area contributed by atoms with Crippen molar-refractivity contribution in [3.63, 3.8) is 0 Å². The molecule has 1 heterocycles. The summed E-state index contributed by atoms with van der Waals surface area (Å²) in [6, 6.07) is 13.4. The van der Waals surface area contributed by atoms with E-state index in [-0.39, 0.29) is 10.00 Å². The minimum atomic E-state index is -0.944. The number of halogens is 2. The number of para-hydroxylation sites is 1. The number of carbonyl (C=O) groups is 2. The van der Waals surface area contributed by atoms with Gasteiger partial charge in [0.05, 0.1) is 17.6 Å². The van der Waals surface area contributed by atoms with Gasteiger partial charge in [0.25, 0.3) is 5.91 Å². The van der Waals surface area contributed by atoms with E-state index in [4.69, 9.17) is 4.74 Å². The Balaban J connectivity index is 1.88. The van der Waals surface area contributed by atoms with Crippen LogP contribution in [0.5, 0.6) is 0 Å². The Kier molecular flexibility index (Phi) is 5.32. The van der Waals surface area contributed by atoms with E-state index in [1.807, 2.05) is 6.92 Å². The smallest absolute Gasteiger partial charge is 0.337 e. The Morgan fingerprint density at radius 2 is 1.81 bits per heavy atom. The highest BCUT2D eigenvalue weighted by Gasteiger charge is 2.22. The van der Waals surface area contributed by atoms with Crippen molar-refractivity contribution in [3.05, 3.63) is 76.4 Å². The molecule has 0 fully saturated rings. The van der Waals surface area contributed by atoms with Crippen LogP contribution in [0.4, 0.5) is 14.6 Å². The van der Waals surface area contributed by atoms with Gasteiger partial charge in [0.15, 0.2) is 0 Å². The molecule has 7 heteroatoms. The van der Waals surface area contributed by atoms with Crippen molar-refractivity contribution in [1.29, 1.82) is 0 Å². The van der Waals surface area contributed by atoms with Gasteiger partial charge in [-0.15, -0.1) is 16.5 Å². The lowest BCUT2D eigenvalue weighted by atomic mass is 10.0. The molecule has 0 saturated carbocycles. The number of aryl methyl sites for hydroxylation is 1. The number of nitrogens with zero attached hydrogens (tertiary/aromatic N) is 1. The Labute approximate surface area is 158 Å². The maximum Gasteiger partial charge on any atom is 0.337 e. The van der Waals surface area contributed by atoms with Gasteiger partial charge in [-0.05, 0) is 54.4 Å². The number of hydrogen-bond donors (Lipinski definition) is 0. The predicted octanol–water partition coefficient (Wildman–Crippen LogP) is 5.18. The summed E-state index contributed by atoms with van der Waals surface area (Å²) in [5.41, 5.74) is 1.60. The van der Waals surface area contributed by atoms with Crippen molar-refractivity contribution in [2.75, 3.05) is 12.2 Å². The number of amides is 1. The van der Waals surface area contributed by atoms with Crippen molar-refractivity contribution in [1.82, 2.24) is 0 Å². The largest absolute Gasteiger partial charge is 0.465 e. The first-order chi connectivity index (χ1) is 12.9. The van der Waals surface area contributed by atoms with Gasteiger partial charge in [-0.1, -0.05) is 22.7 Å². The Bertz CT molecular complexity index is 1020. The van der Waals surface area contributed by atoms with Gasteiger partial charge < -0.3 is 4.74 Å². The van der Waals surface area contributed by atoms with Crippen LogP contribution in [0.25, 0.3) is 10.4 Å². The van der Waals surface area contributed by atoms with E-state index in [1.165, 1.54) is 31.4 Å². The molecule has 0 aliphatic rings. The molecule has 1 aromatic heterocycles. The lowest BCUT2D eigenvalue weighted by molar-refractivity contribution is 0.0600. The monoisotopic (exact) mass is 387 g/mol. The third-order valence-electron chi connectivity index (χ3n) is 3.97. The first kappa shape index (κ1) is 18.7. The molecular weight excluding hydrogens is 372 g/mol. The zero-order valence-electron chi connectivity index (χ0n) is 14.5. The van der Waals surface area contributed by atoms with E-state index in [0.29, 0.717) is 5.56 Å². The van der Waals surface area contributed by atoms with Gasteiger partial charge in [0.1, 0.15) is 11.5 Å². The van der Waals surface area contributed by atoms with E-state index in [2.05, 4.69) is 0 Å². The molecule has 0 spiro atoms. The van der Waals surface area contributed by atoms with Gasteiger partial charge in [-0.3, -0.25) is 4.79 Å². The lowest BCUT2D eigenvalue weighted by Crippen LogP contribution is -2.21. The number of esters is 1. The molecule has 0 aliphatic heterocycles. The Morgan fingerprint density at radius 3 is 2.48 bits per heavy atom. The lowest BCUT2D eigenvalue weighted by Gasteiger charge is -2.11. The van der Waals surface area contributed by atoms with Gasteiger partial charge in [-0.2, -0.15) is 0 Å². The summed E-state index contributed by atoms with van der Waals surface area (Å²) >= 11 is 1.09. The highest BCUT2D eigenvalue weighted by Crippen LogP contribution is 2.33. The zero-order chi connectivity index (χ0) is 19.6. The van der Waals surface area contributed by atoms with Crippen molar-refractivity contribution in [3.8, 4) is 10.4 Å². The van der Waals surface area contributed by atoms with E-state index >= 15 is 0 Å². The second kappa shape index (κ2) is 7.67. The standard InChI is InChI=1S/C20H15F2NO3S/c1-12-11-13(20(25)26-2)7-8-14(12)17-9-10-18(27-17)19(24)23(22)16-6-4-3-5-15(16)21/h3-11H,1-2H3. The first-order valence-corrected chi connectivity index (χ1v) is 8.78. The van der Waals surface area contributed by atoms with Crippen LogP contribution in [0.1, 0.15) is 25.6 Å². The summed E-state index contributed by atoms with van der Waals surface area (Å²) in [5, 5.41) is -0.196. The second-order valence-corrected chi connectivity index (χ2v) is 6.81. The summed E-state index contributed by atoms with van der Waals surface area (Å²) in [7, 11) is 1.31. The third-order valence-corrected chi connectivity index (χ3v) is 5.08. The minimum absolute atomic E-state index is 0.132. The second-order valence-electron chi connectivity index (χ2n) is 5.72. The topological polar surface area (TPSA) is 46.6 Å². The Hall–Kier alpha value is -3.06. The number of rotatable bonds is 4. The number of methoxy groups -OCH3 is 1. The number of carbonyl (C=O) groups excluding carboxylic acids is 2. The zero-order valence-corrected chi connectivity index (χ0v) is 15.3. The fourth-order valence-electron chi connectivity index (χ4n) is 2.60. The SMILES string of the molecule is COC(=O)c1ccc(-c2ccc(C(=O)N(F)c3ccccc3F)s2)c(C)c1. The van der Waals surface area contributed by atoms with Gasteiger partial charge >= 0.3 is 5.97 Å². The summed E-state index contributed by atoms with van der Waals surface area (Å²) in [6.45, 7) is 1.82. The molecule has 27 heavy (non-hydrogen) atoms. The average molecular weight is 387 g/mol. The fraction of sp³-hybridized carbons (Fsp3) is 0.100. The van der Waals surface area contributed by atoms with E-state index < -0.39 is 23.4 Å². The van der Waals surface area contributed by atoms with Gasteiger partial charge in [-0.25, -0.2) is 9.18 Å². The molecule has 2 aromatic carbocycles. The van der Waals surface area contributed by atoms with Crippen molar-refractivity contribution in [2.45, 2.75) is 6.92 Å². The third kappa shape index (κ3) is 3.73. The molecule has 0 saturated heterocycles. The molecular formula is C20H15F2NO3S. The summed E-state index contributed by atoms with van der Waals surface area (Å²) in [5.74, 6) is -2.20. The number of thiophene rings is 1. The molecule has 138 valence electrons. The predicted molar refractivity (Wildman–Crippen MR) is 100 cm³/mol. The molecule has 0 atom stereocenters. The fourth-order valence-corrected chi connectivity index (χ4v) is 3.62. The van der Waals surface area contributed by atoms with Gasteiger partial charge in [0.2, 0.25) is 0 Å². The van der Waals surface area contributed by atoms with Crippen LogP contribution in [0.2, 0.25) is 0 Å². The van der Waals surface area contributed by atoms with E-state index in [0.717, 1.165) is 33.4 Å². The number of anilines is 1. The molecule has 0 aliphatic carbocycles. The van der Waals surface area contributed by atoms with Crippen LogP contribution in [-0.2, 0) is 4.74 Å². The molecule has 0 bridgehead atoms. The summed E-state index contributed by atoms with van der Waals surface area (Å²) in [4.78, 5) is 24.8. The van der Waals surface area contributed by atoms with Crippen molar-refractivity contribution in [2.24, 2.45) is 0 Å². The van der Waals surface area contributed by atoms with Crippen LogP contribution < -0.4 is 5.12 Å². The molecule has 1 amide bonds.